The summed E-state index contributed by atoms with van der Waals surface area (Å²) in [6.07, 6.45) is 2.22. The predicted octanol–water partition coefficient (Wildman–Crippen LogP) is 3.33. The molecule has 0 bridgehead atoms. The molecule has 2 amide bonds. The Balaban J connectivity index is 1.80. The Morgan fingerprint density at radius 3 is 2.84 bits per heavy atom. The quantitative estimate of drug-likeness (QED) is 0.896. The lowest BCUT2D eigenvalue weighted by Crippen LogP contribution is -2.46. The molecule has 2 heterocycles. The van der Waals surface area contributed by atoms with Crippen molar-refractivity contribution < 1.29 is 9.53 Å². The summed E-state index contributed by atoms with van der Waals surface area (Å²) in [5, 5.41) is 5.84. The van der Waals surface area contributed by atoms with E-state index in [1.165, 1.54) is 11.3 Å². The van der Waals surface area contributed by atoms with Crippen LogP contribution in [-0.4, -0.2) is 24.8 Å². The van der Waals surface area contributed by atoms with Crippen LogP contribution in [0.15, 0.2) is 12.1 Å². The van der Waals surface area contributed by atoms with Crippen LogP contribution in [0, 0.1) is 0 Å². The average Bonchev–Trinajstić information content (AvgIpc) is 2.98. The van der Waals surface area contributed by atoms with Gasteiger partial charge in [-0.2, -0.15) is 0 Å². The second-order valence-electron chi connectivity index (χ2n) is 4.82. The molecule has 6 heteroatoms. The molecule has 0 unspecified atom stereocenters. The van der Waals surface area contributed by atoms with Crippen LogP contribution in [0.5, 0.6) is 0 Å². The fourth-order valence-corrected chi connectivity index (χ4v) is 3.23. The molecule has 1 aliphatic heterocycles. The van der Waals surface area contributed by atoms with Gasteiger partial charge in [0, 0.05) is 11.5 Å². The molecule has 3 atom stereocenters. The third kappa shape index (κ3) is 4.09. The molecule has 0 radical (unpaired) electrons. The topological polar surface area (TPSA) is 50.4 Å². The summed E-state index contributed by atoms with van der Waals surface area (Å²) in [7, 11) is 0. The van der Waals surface area contributed by atoms with Gasteiger partial charge in [-0.3, -0.25) is 0 Å². The van der Waals surface area contributed by atoms with E-state index in [0.29, 0.717) is 0 Å². The van der Waals surface area contributed by atoms with Gasteiger partial charge in [0.05, 0.1) is 22.5 Å². The SMILES string of the molecule is C[C@H](NC(=O)N[C@H](C)[C@@H]1CCCO1)c1ccc(Cl)s1. The molecule has 2 rings (SSSR count). The van der Waals surface area contributed by atoms with Crippen molar-refractivity contribution >= 4 is 29.0 Å². The third-order valence-corrected chi connectivity index (χ3v) is 4.66. The van der Waals surface area contributed by atoms with Crippen LogP contribution < -0.4 is 10.6 Å². The van der Waals surface area contributed by atoms with Crippen molar-refractivity contribution in [3.05, 3.63) is 21.3 Å². The molecule has 0 spiro atoms. The van der Waals surface area contributed by atoms with E-state index < -0.39 is 0 Å². The molecule has 1 aromatic heterocycles. The summed E-state index contributed by atoms with van der Waals surface area (Å²) in [5.74, 6) is 0. The number of carbonyl (C=O) groups is 1. The highest BCUT2D eigenvalue weighted by atomic mass is 35.5. The zero-order valence-electron chi connectivity index (χ0n) is 11.1. The summed E-state index contributed by atoms with van der Waals surface area (Å²) < 4.78 is 6.28. The summed E-state index contributed by atoms with van der Waals surface area (Å²) in [6, 6.07) is 3.59. The van der Waals surface area contributed by atoms with Crippen molar-refractivity contribution in [2.24, 2.45) is 0 Å². The lowest BCUT2D eigenvalue weighted by atomic mass is 10.1. The monoisotopic (exact) mass is 302 g/mol. The molecule has 1 saturated heterocycles. The van der Waals surface area contributed by atoms with E-state index in [1.54, 1.807) is 0 Å². The number of rotatable bonds is 4. The van der Waals surface area contributed by atoms with Crippen LogP contribution >= 0.6 is 22.9 Å². The fourth-order valence-electron chi connectivity index (χ4n) is 2.17. The van der Waals surface area contributed by atoms with Crippen molar-refractivity contribution in [3.63, 3.8) is 0 Å². The maximum atomic E-state index is 11.9. The van der Waals surface area contributed by atoms with Gasteiger partial charge in [-0.15, -0.1) is 11.3 Å². The molecule has 1 aliphatic rings. The van der Waals surface area contributed by atoms with Crippen LogP contribution in [0.25, 0.3) is 0 Å². The minimum atomic E-state index is -0.167. The van der Waals surface area contributed by atoms with Gasteiger partial charge in [-0.05, 0) is 38.8 Å². The van der Waals surface area contributed by atoms with Crippen LogP contribution in [-0.2, 0) is 4.74 Å². The summed E-state index contributed by atoms with van der Waals surface area (Å²) in [6.45, 7) is 4.71. The second kappa shape index (κ2) is 6.59. The number of thiophene rings is 1. The van der Waals surface area contributed by atoms with E-state index in [-0.39, 0.29) is 24.2 Å². The zero-order valence-corrected chi connectivity index (χ0v) is 12.7. The van der Waals surface area contributed by atoms with Crippen LogP contribution in [0.3, 0.4) is 0 Å². The van der Waals surface area contributed by atoms with E-state index in [9.17, 15) is 4.79 Å². The minimum Gasteiger partial charge on any atom is -0.376 e. The minimum absolute atomic E-state index is 0.0293. The maximum Gasteiger partial charge on any atom is 0.315 e. The lowest BCUT2D eigenvalue weighted by Gasteiger charge is -2.21. The Bertz CT molecular complexity index is 432. The van der Waals surface area contributed by atoms with Crippen LogP contribution in [0.1, 0.15) is 37.6 Å². The van der Waals surface area contributed by atoms with E-state index in [4.69, 9.17) is 16.3 Å². The summed E-state index contributed by atoms with van der Waals surface area (Å²) in [5.41, 5.74) is 0. The fraction of sp³-hybridized carbons (Fsp3) is 0.615. The zero-order chi connectivity index (χ0) is 13.8. The highest BCUT2D eigenvalue weighted by molar-refractivity contribution is 7.16. The number of nitrogens with one attached hydrogen (secondary N) is 2. The van der Waals surface area contributed by atoms with E-state index in [2.05, 4.69) is 10.6 Å². The molecule has 1 fully saturated rings. The van der Waals surface area contributed by atoms with Gasteiger partial charge in [-0.25, -0.2) is 4.79 Å². The number of amides is 2. The Morgan fingerprint density at radius 2 is 2.26 bits per heavy atom. The van der Waals surface area contributed by atoms with Crippen molar-refractivity contribution in [1.29, 1.82) is 0 Å². The first-order valence-corrected chi connectivity index (χ1v) is 7.69. The number of carbonyl (C=O) groups excluding carboxylic acids is 1. The Labute approximate surface area is 122 Å². The smallest absolute Gasteiger partial charge is 0.315 e. The number of hydrogen-bond acceptors (Lipinski definition) is 3. The molecule has 4 nitrogen and oxygen atoms in total. The highest BCUT2D eigenvalue weighted by Gasteiger charge is 2.24. The molecule has 106 valence electrons. The van der Waals surface area contributed by atoms with Crippen LogP contribution in [0.2, 0.25) is 4.34 Å². The summed E-state index contributed by atoms with van der Waals surface area (Å²) >= 11 is 7.37. The number of ether oxygens (including phenoxy) is 1. The summed E-state index contributed by atoms with van der Waals surface area (Å²) in [4.78, 5) is 12.9. The lowest BCUT2D eigenvalue weighted by molar-refractivity contribution is 0.0859. The Morgan fingerprint density at radius 1 is 1.47 bits per heavy atom. The van der Waals surface area contributed by atoms with E-state index in [1.807, 2.05) is 26.0 Å². The van der Waals surface area contributed by atoms with Crippen molar-refractivity contribution in [2.45, 2.75) is 44.9 Å². The molecule has 1 aromatic rings. The third-order valence-electron chi connectivity index (χ3n) is 3.25. The van der Waals surface area contributed by atoms with Gasteiger partial charge in [0.15, 0.2) is 0 Å². The number of urea groups is 1. The standard InChI is InChI=1S/C13H19ClN2O2S/c1-8(10-4-3-7-18-10)15-13(17)16-9(2)11-5-6-12(14)19-11/h5-6,8-10H,3-4,7H2,1-2H3,(H2,15,16,17)/t8-,9+,10+/m1/s1. The first-order chi connectivity index (χ1) is 9.06. The second-order valence-corrected chi connectivity index (χ2v) is 6.57. The number of hydrogen-bond donors (Lipinski definition) is 2. The molecular weight excluding hydrogens is 284 g/mol. The van der Waals surface area contributed by atoms with E-state index in [0.717, 1.165) is 28.7 Å². The first kappa shape index (κ1) is 14.6. The largest absolute Gasteiger partial charge is 0.376 e. The van der Waals surface area contributed by atoms with Gasteiger partial charge in [0.25, 0.3) is 0 Å². The normalized spacial score (nSPS) is 21.9. The van der Waals surface area contributed by atoms with Gasteiger partial charge in [0.1, 0.15) is 0 Å². The average molecular weight is 303 g/mol. The van der Waals surface area contributed by atoms with Crippen molar-refractivity contribution in [2.75, 3.05) is 6.61 Å². The Hall–Kier alpha value is -0.780. The van der Waals surface area contributed by atoms with Gasteiger partial charge in [0.2, 0.25) is 0 Å². The maximum absolute atomic E-state index is 11.9. The highest BCUT2D eigenvalue weighted by Crippen LogP contribution is 2.26. The Kier molecular flexibility index (Phi) is 5.07. The van der Waals surface area contributed by atoms with Gasteiger partial charge < -0.3 is 15.4 Å². The van der Waals surface area contributed by atoms with Crippen molar-refractivity contribution in [3.8, 4) is 0 Å². The molecule has 0 aromatic carbocycles. The van der Waals surface area contributed by atoms with Crippen LogP contribution in [0.4, 0.5) is 4.79 Å². The molecule has 0 aliphatic carbocycles. The molecule has 2 N–H and O–H groups in total. The molecule has 0 saturated carbocycles. The van der Waals surface area contributed by atoms with E-state index >= 15 is 0 Å². The predicted molar refractivity (Wildman–Crippen MR) is 77.8 cm³/mol. The van der Waals surface area contributed by atoms with Crippen molar-refractivity contribution in [1.82, 2.24) is 10.6 Å². The number of halogens is 1. The molecular formula is C13H19ClN2O2S. The first-order valence-electron chi connectivity index (χ1n) is 6.50. The molecule has 19 heavy (non-hydrogen) atoms. The van der Waals surface area contributed by atoms with Gasteiger partial charge >= 0.3 is 6.03 Å². The van der Waals surface area contributed by atoms with Gasteiger partial charge in [-0.1, -0.05) is 11.6 Å².